The van der Waals surface area contributed by atoms with Crippen molar-refractivity contribution in [2.45, 2.75) is 477 Å². The van der Waals surface area contributed by atoms with Gasteiger partial charge in [-0.15, -0.1) is 0 Å². The van der Waals surface area contributed by atoms with Gasteiger partial charge in [-0.25, -0.2) is 4.79 Å². The van der Waals surface area contributed by atoms with E-state index in [1.54, 1.807) is 6.08 Å². The summed E-state index contributed by atoms with van der Waals surface area (Å²) in [5, 5.41) is 137. The maximum atomic E-state index is 13.6. The van der Waals surface area contributed by atoms with Crippen LogP contribution in [0.3, 0.4) is 0 Å². The Morgan fingerprint density at radius 2 is 0.874 bits per heavy atom. The summed E-state index contributed by atoms with van der Waals surface area (Å²) in [5.41, 5.74) is 0. The minimum Gasteiger partial charge on any atom is -0.477 e. The topological polar surface area (TPSA) is 373 Å². The predicted octanol–water partition coefficient (Wildman–Crippen LogP) is 14.0. The van der Waals surface area contributed by atoms with Gasteiger partial charge < -0.3 is 100 Å². The van der Waals surface area contributed by atoms with E-state index in [9.17, 15) is 75.7 Å². The zero-order valence-electron chi connectivity index (χ0n) is 69.3. The van der Waals surface area contributed by atoms with Gasteiger partial charge in [-0.1, -0.05) is 333 Å². The van der Waals surface area contributed by atoms with Gasteiger partial charge in [-0.2, -0.15) is 0 Å². The van der Waals surface area contributed by atoms with E-state index in [-0.39, 0.29) is 12.3 Å². The zero-order valence-corrected chi connectivity index (χ0v) is 69.3. The van der Waals surface area contributed by atoms with Gasteiger partial charge in [-0.05, 0) is 51.4 Å². The van der Waals surface area contributed by atoms with E-state index in [1.165, 1.54) is 270 Å². The van der Waals surface area contributed by atoms with Gasteiger partial charge in [0.25, 0.3) is 5.79 Å². The van der Waals surface area contributed by atoms with Crippen molar-refractivity contribution in [1.82, 2.24) is 10.6 Å². The number of carbonyl (C=O) groups excluding carboxylic acids is 2. The fourth-order valence-corrected chi connectivity index (χ4v) is 15.5. The molecule has 0 aromatic rings. The summed E-state index contributed by atoms with van der Waals surface area (Å²) in [4.78, 5) is 38.8. The van der Waals surface area contributed by atoms with Crippen LogP contribution in [0.5, 0.6) is 0 Å². The number of hydrogen-bond donors (Lipinski definition) is 14. The maximum Gasteiger partial charge on any atom is 0.364 e. The number of hydrogen-bond acceptors (Lipinski definition) is 20. The Hall–Kier alpha value is -3.05. The smallest absolute Gasteiger partial charge is 0.364 e. The molecule has 3 aliphatic heterocycles. The average molecular weight is 1580 g/mol. The highest BCUT2D eigenvalue weighted by Crippen LogP contribution is 2.39. The van der Waals surface area contributed by atoms with Crippen molar-refractivity contribution >= 4 is 17.8 Å². The number of allylic oxidation sites excluding steroid dienone is 5. The Morgan fingerprint density at radius 3 is 1.27 bits per heavy atom. The molecule has 3 heterocycles. The Bertz CT molecular complexity index is 2340. The normalized spacial score (nSPS) is 25.6. The first-order chi connectivity index (χ1) is 53.9. The summed E-state index contributed by atoms with van der Waals surface area (Å²) in [5.74, 6) is -6.14. The highest BCUT2D eigenvalue weighted by atomic mass is 16.8. The molecule has 0 aromatic carbocycles. The van der Waals surface area contributed by atoms with Crippen molar-refractivity contribution in [3.05, 3.63) is 36.5 Å². The number of ether oxygens (including phenoxy) is 6. The van der Waals surface area contributed by atoms with E-state index in [2.05, 4.69) is 48.8 Å². The second kappa shape index (κ2) is 65.9. The van der Waals surface area contributed by atoms with Crippen LogP contribution in [0.4, 0.5) is 0 Å². The van der Waals surface area contributed by atoms with Crippen molar-refractivity contribution in [2.24, 2.45) is 0 Å². The van der Waals surface area contributed by atoms with E-state index in [0.29, 0.717) is 12.8 Å². The van der Waals surface area contributed by atoms with Crippen molar-refractivity contribution < 1.29 is 104 Å². The first kappa shape index (κ1) is 102. The van der Waals surface area contributed by atoms with Crippen LogP contribution >= 0.6 is 0 Å². The van der Waals surface area contributed by atoms with Crippen molar-refractivity contribution in [3.63, 3.8) is 0 Å². The molecule has 0 aliphatic carbocycles. The van der Waals surface area contributed by atoms with Crippen LogP contribution in [-0.2, 0) is 42.8 Å². The predicted molar refractivity (Wildman–Crippen MR) is 435 cm³/mol. The van der Waals surface area contributed by atoms with Crippen LogP contribution in [0, 0.1) is 0 Å². The van der Waals surface area contributed by atoms with E-state index in [0.717, 1.165) is 58.3 Å². The Balaban J connectivity index is 1.46. The first-order valence-electron chi connectivity index (χ1n) is 44.9. The lowest BCUT2D eigenvalue weighted by molar-refractivity contribution is -0.386. The molecule has 3 saturated heterocycles. The largest absolute Gasteiger partial charge is 0.477 e. The highest BCUT2D eigenvalue weighted by Gasteiger charge is 2.60. The van der Waals surface area contributed by atoms with Crippen LogP contribution in [0.1, 0.15) is 367 Å². The quantitative estimate of drug-likeness (QED) is 0.0199. The van der Waals surface area contributed by atoms with E-state index < -0.39 is 155 Å². The number of aliphatic hydroxyl groups is 11. The molecule has 0 radical (unpaired) electrons. The molecular formula is C88H162N2O21. The molecule has 3 fully saturated rings. The van der Waals surface area contributed by atoms with Crippen LogP contribution in [0.25, 0.3) is 0 Å². The maximum absolute atomic E-state index is 13.6. The fourth-order valence-electron chi connectivity index (χ4n) is 15.5. The summed E-state index contributed by atoms with van der Waals surface area (Å²) in [7, 11) is 0. The van der Waals surface area contributed by atoms with Gasteiger partial charge in [0, 0.05) is 19.8 Å². The minimum atomic E-state index is -3.08. The van der Waals surface area contributed by atoms with Gasteiger partial charge in [0.05, 0.1) is 50.7 Å². The van der Waals surface area contributed by atoms with E-state index >= 15 is 0 Å². The van der Waals surface area contributed by atoms with Gasteiger partial charge >= 0.3 is 5.97 Å². The lowest BCUT2D eigenvalue weighted by Crippen LogP contribution is -2.70. The molecular weight excluding hydrogens is 1420 g/mol. The number of unbranched alkanes of at least 4 members (excludes halogenated alkanes) is 48. The molecule has 23 heteroatoms. The number of aliphatic hydroxyl groups excluding tert-OH is 11. The van der Waals surface area contributed by atoms with Crippen LogP contribution in [0.2, 0.25) is 0 Å². The highest BCUT2D eigenvalue weighted by molar-refractivity contribution is 5.77. The summed E-state index contributed by atoms with van der Waals surface area (Å²) in [6.07, 6.45) is 49.0. The Labute approximate surface area is 669 Å². The molecule has 2 amide bonds. The van der Waals surface area contributed by atoms with E-state index in [4.69, 9.17) is 28.4 Å². The number of amides is 2. The molecule has 650 valence electrons. The summed E-state index contributed by atoms with van der Waals surface area (Å²) >= 11 is 0. The average Bonchev–Trinajstić information content (AvgIpc) is 0.753. The molecule has 0 saturated carbocycles. The number of rotatable bonds is 72. The number of carboxylic acids is 1. The van der Waals surface area contributed by atoms with Crippen LogP contribution in [-0.4, -0.2) is 215 Å². The number of aliphatic carboxylic acids is 1. The molecule has 23 nitrogen and oxygen atoms in total. The second-order valence-corrected chi connectivity index (χ2v) is 32.5. The molecule has 0 spiro atoms. The molecule has 111 heavy (non-hydrogen) atoms. The summed E-state index contributed by atoms with van der Waals surface area (Å²) in [6.45, 7) is 2.20. The molecule has 0 aromatic heterocycles. The SMILES string of the molecule is CCCCCCCCCCC/C=C\C/C=C\CCCCCCCCCCCCCCCCCCCC(=O)NC(COC1OC(CO)C(OC2OC(CO)C(O)C(OC3(C(=O)O)CC(O)C(NC(C)=O)C(C(O)C(O)CO)O3)C2O)C(O)C1O)C(O)/C=C/CCCCCCCCCCCCCCCCCCCCCCCC. The number of nitrogens with one attached hydrogen (secondary N) is 2. The Kier molecular flexibility index (Phi) is 60.7. The third-order valence-electron chi connectivity index (χ3n) is 22.6. The molecule has 18 atom stereocenters. The molecule has 0 bridgehead atoms. The Morgan fingerprint density at radius 1 is 0.477 bits per heavy atom. The zero-order chi connectivity index (χ0) is 81.0. The van der Waals surface area contributed by atoms with Crippen molar-refractivity contribution in [1.29, 1.82) is 0 Å². The van der Waals surface area contributed by atoms with Gasteiger partial charge in [0.2, 0.25) is 11.8 Å². The van der Waals surface area contributed by atoms with Gasteiger partial charge in [-0.3, -0.25) is 9.59 Å². The van der Waals surface area contributed by atoms with Gasteiger partial charge in [0.15, 0.2) is 12.6 Å². The molecule has 3 rings (SSSR count). The van der Waals surface area contributed by atoms with Crippen molar-refractivity contribution in [2.75, 3.05) is 26.4 Å². The molecule has 3 aliphatic rings. The van der Waals surface area contributed by atoms with Crippen molar-refractivity contribution in [3.8, 4) is 0 Å². The monoisotopic (exact) mass is 1580 g/mol. The minimum absolute atomic E-state index is 0.202. The molecule has 18 unspecified atom stereocenters. The van der Waals surface area contributed by atoms with Gasteiger partial charge in [0.1, 0.15) is 67.1 Å². The third kappa shape index (κ3) is 44.9. The standard InChI is InChI=1S/C88H162N2O21/c1-4-6-8-10-12-14-16-18-20-22-24-26-28-30-31-32-33-34-35-36-37-38-40-42-44-46-48-50-52-54-56-58-60-62-75(98)90-69(70(95)61-59-57-55-53-51-49-47-45-43-41-39-29-27-25-23-21-19-17-15-13-11-9-7-5-2)67-106-85-80(102)79(101)82(74(66-93)108-85)109-86-81(103)84(78(100)73(65-92)107-86)111-88(87(104)105)63-71(96)76(89-68(3)94)83(110-88)77(99)72(97)64-91/h24,26,30-31,59,61,69-74,76-86,91-93,95-97,99-103H,4-23,25,27-29,32-58,60,62-67H2,1-3H3,(H,89,94)(H,90,98)(H,104,105)/b26-24-,31-30-,61-59+. The summed E-state index contributed by atoms with van der Waals surface area (Å²) in [6, 6.07) is -2.62. The fraction of sp³-hybridized carbons (Fsp3) is 0.898. The number of carbonyl (C=O) groups is 3. The third-order valence-corrected chi connectivity index (χ3v) is 22.6. The summed E-state index contributed by atoms with van der Waals surface area (Å²) < 4.78 is 35.0. The molecule has 14 N–H and O–H groups in total. The second-order valence-electron chi connectivity index (χ2n) is 32.5. The van der Waals surface area contributed by atoms with Crippen LogP contribution in [0.15, 0.2) is 36.5 Å². The first-order valence-corrected chi connectivity index (χ1v) is 44.9. The van der Waals surface area contributed by atoms with Crippen LogP contribution < -0.4 is 10.6 Å². The lowest BCUT2D eigenvalue weighted by Gasteiger charge is -2.50. The van der Waals surface area contributed by atoms with E-state index in [1.807, 2.05) is 6.08 Å². The number of carboxylic acid groups (broad SMARTS) is 1. The lowest BCUT2D eigenvalue weighted by atomic mass is 9.88.